The SMILES string of the molecule is CN1C(=O)c2cc(C(=O)NCCN3CCOCC3)nn2CC1(C)C(=O)NCc1ccc(F)cc1. The Balaban J connectivity index is 1.39. The van der Waals surface area contributed by atoms with Gasteiger partial charge in [0.2, 0.25) is 5.91 Å². The number of halogens is 1. The molecule has 1 fully saturated rings. The summed E-state index contributed by atoms with van der Waals surface area (Å²) in [6.07, 6.45) is 0. The highest BCUT2D eigenvalue weighted by Gasteiger charge is 2.46. The van der Waals surface area contributed by atoms with Crippen LogP contribution in [0.2, 0.25) is 0 Å². The summed E-state index contributed by atoms with van der Waals surface area (Å²) in [5.41, 5.74) is -0.0847. The standard InChI is InChI=1S/C23H29FN6O4/c1-23(22(33)26-14-16-3-5-17(24)6-4-16)15-30-19(21(32)28(23)2)13-18(27-30)20(31)25-7-8-29-9-11-34-12-10-29/h3-6,13H,7-12,14-15H2,1-2H3,(H,25,31)(H,26,33). The largest absolute Gasteiger partial charge is 0.379 e. The number of morpholine rings is 1. The Labute approximate surface area is 197 Å². The smallest absolute Gasteiger partial charge is 0.272 e. The van der Waals surface area contributed by atoms with E-state index in [-0.39, 0.29) is 42.1 Å². The molecule has 11 heteroatoms. The predicted molar refractivity (Wildman–Crippen MR) is 121 cm³/mol. The molecule has 1 aromatic heterocycles. The molecule has 0 spiro atoms. The third-order valence-corrected chi connectivity index (χ3v) is 6.41. The van der Waals surface area contributed by atoms with E-state index in [9.17, 15) is 18.8 Å². The van der Waals surface area contributed by atoms with Gasteiger partial charge < -0.3 is 20.3 Å². The van der Waals surface area contributed by atoms with Gasteiger partial charge in [-0.3, -0.25) is 24.0 Å². The summed E-state index contributed by atoms with van der Waals surface area (Å²) in [6.45, 7) is 6.14. The number of nitrogens with one attached hydrogen (secondary N) is 2. The van der Waals surface area contributed by atoms with Crippen molar-refractivity contribution in [2.75, 3.05) is 46.4 Å². The average molecular weight is 473 g/mol. The number of amides is 3. The first-order chi connectivity index (χ1) is 16.3. The lowest BCUT2D eigenvalue weighted by Gasteiger charge is -2.40. The van der Waals surface area contributed by atoms with E-state index < -0.39 is 11.4 Å². The molecule has 1 saturated heterocycles. The van der Waals surface area contributed by atoms with Crippen LogP contribution in [0.25, 0.3) is 0 Å². The van der Waals surface area contributed by atoms with Crippen molar-refractivity contribution in [1.82, 2.24) is 30.2 Å². The first-order valence-electron chi connectivity index (χ1n) is 11.2. The van der Waals surface area contributed by atoms with E-state index in [0.717, 1.165) is 18.7 Å². The molecule has 0 bridgehead atoms. The third-order valence-electron chi connectivity index (χ3n) is 6.41. The van der Waals surface area contributed by atoms with Crippen LogP contribution in [0.15, 0.2) is 30.3 Å². The van der Waals surface area contributed by atoms with Crippen molar-refractivity contribution >= 4 is 17.7 Å². The number of carbonyl (C=O) groups is 3. The van der Waals surface area contributed by atoms with Gasteiger partial charge in [-0.15, -0.1) is 0 Å². The number of rotatable bonds is 7. The Bertz CT molecular complexity index is 1070. The van der Waals surface area contributed by atoms with Gasteiger partial charge in [-0.1, -0.05) is 12.1 Å². The Morgan fingerprint density at radius 1 is 1.18 bits per heavy atom. The van der Waals surface area contributed by atoms with Crippen LogP contribution >= 0.6 is 0 Å². The quantitative estimate of drug-likeness (QED) is 0.598. The molecule has 2 aromatic rings. The van der Waals surface area contributed by atoms with Crippen molar-refractivity contribution in [3.05, 3.63) is 53.1 Å². The number of nitrogens with zero attached hydrogens (tertiary/aromatic N) is 4. The number of fused-ring (bicyclic) bond motifs is 1. The fourth-order valence-corrected chi connectivity index (χ4v) is 4.06. The minimum absolute atomic E-state index is 0.0981. The van der Waals surface area contributed by atoms with Crippen molar-refractivity contribution in [3.8, 4) is 0 Å². The van der Waals surface area contributed by atoms with Crippen molar-refractivity contribution in [1.29, 1.82) is 0 Å². The zero-order valence-electron chi connectivity index (χ0n) is 19.3. The van der Waals surface area contributed by atoms with E-state index in [0.29, 0.717) is 26.3 Å². The van der Waals surface area contributed by atoms with Crippen LogP contribution in [0.1, 0.15) is 33.5 Å². The number of ether oxygens (including phenoxy) is 1. The van der Waals surface area contributed by atoms with E-state index in [1.807, 2.05) is 0 Å². The summed E-state index contributed by atoms with van der Waals surface area (Å²) in [5.74, 6) is -1.49. The first kappa shape index (κ1) is 23.8. The molecule has 0 radical (unpaired) electrons. The van der Waals surface area contributed by atoms with Gasteiger partial charge in [-0.25, -0.2) is 4.39 Å². The van der Waals surface area contributed by atoms with Crippen LogP contribution in [-0.4, -0.2) is 89.3 Å². The van der Waals surface area contributed by atoms with Gasteiger partial charge in [0.1, 0.15) is 17.1 Å². The summed E-state index contributed by atoms with van der Waals surface area (Å²) in [7, 11) is 1.55. The summed E-state index contributed by atoms with van der Waals surface area (Å²) < 4.78 is 19.8. The summed E-state index contributed by atoms with van der Waals surface area (Å²) in [6, 6.07) is 7.28. The molecule has 2 aliphatic heterocycles. The average Bonchev–Trinajstić information content (AvgIpc) is 3.26. The minimum Gasteiger partial charge on any atom is -0.379 e. The van der Waals surface area contributed by atoms with Crippen molar-refractivity contribution in [2.24, 2.45) is 0 Å². The van der Waals surface area contributed by atoms with Gasteiger partial charge >= 0.3 is 0 Å². The molecule has 182 valence electrons. The molecular weight excluding hydrogens is 443 g/mol. The highest BCUT2D eigenvalue weighted by molar-refractivity contribution is 6.01. The lowest BCUT2D eigenvalue weighted by molar-refractivity contribution is -0.132. The topological polar surface area (TPSA) is 109 Å². The predicted octanol–water partition coefficient (Wildman–Crippen LogP) is 0.245. The van der Waals surface area contributed by atoms with Gasteiger partial charge in [-0.2, -0.15) is 5.10 Å². The normalized spacial score (nSPS) is 20.7. The molecule has 1 aromatic carbocycles. The number of benzene rings is 1. The van der Waals surface area contributed by atoms with Crippen LogP contribution in [0, 0.1) is 5.82 Å². The third kappa shape index (κ3) is 4.95. The van der Waals surface area contributed by atoms with Crippen LogP contribution in [0.3, 0.4) is 0 Å². The molecule has 2 N–H and O–H groups in total. The second-order valence-corrected chi connectivity index (χ2v) is 8.73. The summed E-state index contributed by atoms with van der Waals surface area (Å²) in [4.78, 5) is 42.2. The van der Waals surface area contributed by atoms with Crippen molar-refractivity contribution in [2.45, 2.75) is 25.6 Å². The van der Waals surface area contributed by atoms with Crippen LogP contribution < -0.4 is 10.6 Å². The Morgan fingerprint density at radius 3 is 2.59 bits per heavy atom. The van der Waals surface area contributed by atoms with Crippen LogP contribution in [-0.2, 0) is 22.6 Å². The second-order valence-electron chi connectivity index (χ2n) is 8.73. The second kappa shape index (κ2) is 9.90. The summed E-state index contributed by atoms with van der Waals surface area (Å²) in [5, 5.41) is 9.96. The Morgan fingerprint density at radius 2 is 1.88 bits per heavy atom. The lowest BCUT2D eigenvalue weighted by atomic mass is 9.96. The highest BCUT2D eigenvalue weighted by atomic mass is 19.1. The van der Waals surface area contributed by atoms with Gasteiger partial charge in [0.15, 0.2) is 5.69 Å². The maximum atomic E-state index is 13.1. The number of likely N-dealkylation sites (N-methyl/N-ethyl adjacent to an activating group) is 1. The molecule has 4 rings (SSSR count). The molecule has 1 unspecified atom stereocenters. The van der Waals surface area contributed by atoms with Crippen LogP contribution in [0.5, 0.6) is 0 Å². The molecule has 1 atom stereocenters. The van der Waals surface area contributed by atoms with Crippen molar-refractivity contribution < 1.29 is 23.5 Å². The Kier molecular flexibility index (Phi) is 6.94. The highest BCUT2D eigenvalue weighted by Crippen LogP contribution is 2.26. The van der Waals surface area contributed by atoms with E-state index >= 15 is 0 Å². The molecular formula is C23H29FN6O4. The molecule has 3 heterocycles. The van der Waals surface area contributed by atoms with E-state index in [2.05, 4.69) is 20.6 Å². The number of carbonyl (C=O) groups excluding carboxylic acids is 3. The molecule has 2 aliphatic rings. The maximum absolute atomic E-state index is 13.1. The fourth-order valence-electron chi connectivity index (χ4n) is 4.06. The van der Waals surface area contributed by atoms with Gasteiger partial charge in [0.25, 0.3) is 11.8 Å². The maximum Gasteiger partial charge on any atom is 0.272 e. The number of hydrogen-bond acceptors (Lipinski definition) is 6. The monoisotopic (exact) mass is 472 g/mol. The molecule has 34 heavy (non-hydrogen) atoms. The van der Waals surface area contributed by atoms with Gasteiger partial charge in [-0.05, 0) is 24.6 Å². The van der Waals surface area contributed by atoms with Crippen LogP contribution in [0.4, 0.5) is 4.39 Å². The molecule has 0 saturated carbocycles. The number of hydrogen-bond donors (Lipinski definition) is 2. The van der Waals surface area contributed by atoms with Gasteiger partial charge in [0.05, 0.1) is 19.8 Å². The molecule has 3 amide bonds. The lowest BCUT2D eigenvalue weighted by Crippen LogP contribution is -2.62. The first-order valence-corrected chi connectivity index (χ1v) is 11.2. The Hall–Kier alpha value is -3.31. The zero-order chi connectivity index (χ0) is 24.3. The fraction of sp³-hybridized carbons (Fsp3) is 0.478. The van der Waals surface area contributed by atoms with E-state index in [4.69, 9.17) is 4.74 Å². The summed E-state index contributed by atoms with van der Waals surface area (Å²) >= 11 is 0. The van der Waals surface area contributed by atoms with Gasteiger partial charge in [0, 0.05) is 45.8 Å². The minimum atomic E-state index is -1.21. The zero-order valence-corrected chi connectivity index (χ0v) is 19.3. The number of aromatic nitrogens is 2. The molecule has 0 aliphatic carbocycles. The van der Waals surface area contributed by atoms with Crippen molar-refractivity contribution in [3.63, 3.8) is 0 Å². The van der Waals surface area contributed by atoms with E-state index in [1.165, 1.54) is 27.8 Å². The molecule has 10 nitrogen and oxygen atoms in total. The van der Waals surface area contributed by atoms with E-state index in [1.54, 1.807) is 26.1 Å².